The summed E-state index contributed by atoms with van der Waals surface area (Å²) in [5.74, 6) is -0.418. The van der Waals surface area contributed by atoms with E-state index < -0.39 is 0 Å². The molecule has 2 amide bonds. The van der Waals surface area contributed by atoms with Crippen LogP contribution in [0.15, 0.2) is 54.0 Å². The number of aromatic nitrogens is 3. The summed E-state index contributed by atoms with van der Waals surface area (Å²) < 4.78 is 1.87. The molecule has 4 aromatic rings. The molecule has 0 aliphatic rings. The van der Waals surface area contributed by atoms with Crippen molar-refractivity contribution in [3.8, 4) is 11.3 Å². The van der Waals surface area contributed by atoms with E-state index in [0.29, 0.717) is 10.8 Å². The Labute approximate surface area is 165 Å². The molecule has 0 aliphatic heterocycles. The smallest absolute Gasteiger partial charge is 0.277 e. The number of nitrogens with one attached hydrogen (secondary N) is 2. The third-order valence-electron chi connectivity index (χ3n) is 4.15. The maximum Gasteiger partial charge on any atom is 0.277 e. The van der Waals surface area contributed by atoms with Gasteiger partial charge in [-0.2, -0.15) is 0 Å². The SMILES string of the molecule is CC(=O)Nc1ccc(-c2csc(NC(=O)c3cn4c(C)cccc4n3)n2)cc1. The lowest BCUT2D eigenvalue weighted by Gasteiger charge is -2.02. The summed E-state index contributed by atoms with van der Waals surface area (Å²) in [4.78, 5) is 32.5. The van der Waals surface area contributed by atoms with Crippen LogP contribution in [0.1, 0.15) is 23.1 Å². The van der Waals surface area contributed by atoms with Gasteiger partial charge in [0, 0.05) is 35.4 Å². The summed E-state index contributed by atoms with van der Waals surface area (Å²) in [6.45, 7) is 3.42. The van der Waals surface area contributed by atoms with Crippen molar-refractivity contribution in [1.82, 2.24) is 14.4 Å². The van der Waals surface area contributed by atoms with E-state index in [1.54, 1.807) is 6.20 Å². The first-order chi connectivity index (χ1) is 13.5. The van der Waals surface area contributed by atoms with Crippen LogP contribution in [-0.4, -0.2) is 26.2 Å². The molecule has 0 aliphatic carbocycles. The third-order valence-corrected chi connectivity index (χ3v) is 4.91. The zero-order valence-electron chi connectivity index (χ0n) is 15.3. The normalized spacial score (nSPS) is 10.8. The highest BCUT2D eigenvalue weighted by Crippen LogP contribution is 2.26. The molecule has 0 spiro atoms. The number of amides is 2. The third kappa shape index (κ3) is 3.63. The van der Waals surface area contributed by atoms with Crippen LogP contribution in [0.4, 0.5) is 10.8 Å². The zero-order valence-corrected chi connectivity index (χ0v) is 16.1. The van der Waals surface area contributed by atoms with E-state index in [2.05, 4.69) is 20.6 Å². The van der Waals surface area contributed by atoms with Crippen molar-refractivity contribution in [1.29, 1.82) is 0 Å². The number of anilines is 2. The van der Waals surface area contributed by atoms with Gasteiger partial charge in [0.15, 0.2) is 5.13 Å². The van der Waals surface area contributed by atoms with Crippen LogP contribution < -0.4 is 10.6 Å². The fraction of sp³-hybridized carbons (Fsp3) is 0.100. The van der Waals surface area contributed by atoms with E-state index >= 15 is 0 Å². The Kier molecular flexibility index (Phi) is 4.62. The van der Waals surface area contributed by atoms with Crippen molar-refractivity contribution < 1.29 is 9.59 Å². The number of pyridine rings is 1. The van der Waals surface area contributed by atoms with Crippen molar-refractivity contribution in [2.45, 2.75) is 13.8 Å². The molecule has 3 aromatic heterocycles. The van der Waals surface area contributed by atoms with E-state index in [9.17, 15) is 9.59 Å². The molecular formula is C20H17N5O2S. The molecule has 4 rings (SSSR count). The van der Waals surface area contributed by atoms with Crippen molar-refractivity contribution in [3.05, 3.63) is 65.4 Å². The van der Waals surface area contributed by atoms with Gasteiger partial charge in [0.05, 0.1) is 5.69 Å². The van der Waals surface area contributed by atoms with E-state index in [-0.39, 0.29) is 11.8 Å². The van der Waals surface area contributed by atoms with Crippen molar-refractivity contribution in [2.24, 2.45) is 0 Å². The molecule has 1 aromatic carbocycles. The standard InChI is InChI=1S/C20H17N5O2S/c1-12-4-3-5-18-22-16(10-25(12)18)19(27)24-20-23-17(11-28-20)14-6-8-15(9-7-14)21-13(2)26/h3-11H,1-2H3,(H,21,26)(H,23,24,27). The lowest BCUT2D eigenvalue weighted by Crippen LogP contribution is -2.12. The highest BCUT2D eigenvalue weighted by Gasteiger charge is 2.14. The summed E-state index contributed by atoms with van der Waals surface area (Å²) in [6.07, 6.45) is 1.72. The number of thiazole rings is 1. The number of hydrogen-bond donors (Lipinski definition) is 2. The van der Waals surface area contributed by atoms with E-state index in [4.69, 9.17) is 0 Å². The maximum absolute atomic E-state index is 12.5. The van der Waals surface area contributed by atoms with Crippen LogP contribution in [0.5, 0.6) is 0 Å². The summed E-state index contributed by atoms with van der Waals surface area (Å²) in [6, 6.07) is 13.1. The Morgan fingerprint density at radius 1 is 1.04 bits per heavy atom. The molecule has 8 heteroatoms. The molecule has 0 radical (unpaired) electrons. The van der Waals surface area contributed by atoms with E-state index in [1.165, 1.54) is 18.3 Å². The van der Waals surface area contributed by atoms with E-state index in [1.807, 2.05) is 59.2 Å². The van der Waals surface area contributed by atoms with Gasteiger partial charge in [-0.15, -0.1) is 11.3 Å². The largest absolute Gasteiger partial charge is 0.326 e. The van der Waals surface area contributed by atoms with Crippen LogP contribution in [-0.2, 0) is 4.79 Å². The summed E-state index contributed by atoms with van der Waals surface area (Å²) in [5.41, 5.74) is 4.44. The fourth-order valence-electron chi connectivity index (χ4n) is 2.81. The number of imidazole rings is 1. The number of aryl methyl sites for hydroxylation is 1. The molecular weight excluding hydrogens is 374 g/mol. The highest BCUT2D eigenvalue weighted by atomic mass is 32.1. The number of fused-ring (bicyclic) bond motifs is 1. The lowest BCUT2D eigenvalue weighted by atomic mass is 10.1. The van der Waals surface area contributed by atoms with Crippen LogP contribution >= 0.6 is 11.3 Å². The first kappa shape index (κ1) is 17.9. The second-order valence-electron chi connectivity index (χ2n) is 6.27. The number of carbonyl (C=O) groups excluding carboxylic acids is 2. The van der Waals surface area contributed by atoms with Crippen molar-refractivity contribution in [3.63, 3.8) is 0 Å². The fourth-order valence-corrected chi connectivity index (χ4v) is 3.52. The molecule has 140 valence electrons. The Morgan fingerprint density at radius 3 is 2.54 bits per heavy atom. The molecule has 3 heterocycles. The van der Waals surface area contributed by atoms with Gasteiger partial charge in [0.1, 0.15) is 11.3 Å². The van der Waals surface area contributed by atoms with Crippen LogP contribution in [0.25, 0.3) is 16.9 Å². The molecule has 0 atom stereocenters. The Morgan fingerprint density at radius 2 is 1.82 bits per heavy atom. The van der Waals surface area contributed by atoms with Crippen LogP contribution in [0.3, 0.4) is 0 Å². The van der Waals surface area contributed by atoms with Gasteiger partial charge in [0.2, 0.25) is 5.91 Å². The Balaban J connectivity index is 1.50. The summed E-state index contributed by atoms with van der Waals surface area (Å²) in [7, 11) is 0. The number of carbonyl (C=O) groups is 2. The molecule has 7 nitrogen and oxygen atoms in total. The molecule has 0 saturated heterocycles. The predicted molar refractivity (Wildman–Crippen MR) is 110 cm³/mol. The first-order valence-corrected chi connectivity index (χ1v) is 9.47. The minimum atomic E-state index is -0.301. The number of benzene rings is 1. The number of rotatable bonds is 4. The quantitative estimate of drug-likeness (QED) is 0.551. The molecule has 2 N–H and O–H groups in total. The van der Waals surface area contributed by atoms with Gasteiger partial charge in [-0.25, -0.2) is 9.97 Å². The topological polar surface area (TPSA) is 88.4 Å². The van der Waals surface area contributed by atoms with E-state index in [0.717, 1.165) is 28.3 Å². The van der Waals surface area contributed by atoms with Crippen LogP contribution in [0.2, 0.25) is 0 Å². The molecule has 0 fully saturated rings. The minimum Gasteiger partial charge on any atom is -0.326 e. The van der Waals surface area contributed by atoms with Gasteiger partial charge >= 0.3 is 0 Å². The molecule has 0 unspecified atom stereocenters. The minimum absolute atomic E-state index is 0.117. The Bertz CT molecular complexity index is 1180. The highest BCUT2D eigenvalue weighted by molar-refractivity contribution is 7.14. The average Bonchev–Trinajstić information content (AvgIpc) is 3.30. The van der Waals surface area contributed by atoms with Gasteiger partial charge in [-0.05, 0) is 31.2 Å². The monoisotopic (exact) mass is 391 g/mol. The second-order valence-corrected chi connectivity index (χ2v) is 7.13. The Hall–Kier alpha value is -3.52. The lowest BCUT2D eigenvalue weighted by molar-refractivity contribution is -0.114. The van der Waals surface area contributed by atoms with Gasteiger partial charge in [-0.3, -0.25) is 14.9 Å². The maximum atomic E-state index is 12.5. The first-order valence-electron chi connectivity index (χ1n) is 8.59. The average molecular weight is 391 g/mol. The molecule has 28 heavy (non-hydrogen) atoms. The zero-order chi connectivity index (χ0) is 19.7. The summed E-state index contributed by atoms with van der Waals surface area (Å²) >= 11 is 1.34. The van der Waals surface area contributed by atoms with Gasteiger partial charge in [-0.1, -0.05) is 18.2 Å². The number of hydrogen-bond acceptors (Lipinski definition) is 5. The molecule has 0 saturated carbocycles. The van der Waals surface area contributed by atoms with Crippen molar-refractivity contribution >= 4 is 39.6 Å². The number of nitrogens with zero attached hydrogens (tertiary/aromatic N) is 3. The van der Waals surface area contributed by atoms with Crippen LogP contribution in [0, 0.1) is 6.92 Å². The molecule has 0 bridgehead atoms. The predicted octanol–water partition coefficient (Wildman–Crippen LogP) is 3.98. The van der Waals surface area contributed by atoms with Crippen molar-refractivity contribution in [2.75, 3.05) is 10.6 Å². The van der Waals surface area contributed by atoms with Gasteiger partial charge < -0.3 is 9.72 Å². The van der Waals surface area contributed by atoms with Gasteiger partial charge in [0.25, 0.3) is 5.91 Å². The second kappa shape index (κ2) is 7.24. The summed E-state index contributed by atoms with van der Waals surface area (Å²) in [5, 5.41) is 7.90.